The van der Waals surface area contributed by atoms with Crippen LogP contribution in [0.3, 0.4) is 0 Å². The summed E-state index contributed by atoms with van der Waals surface area (Å²) in [6.07, 6.45) is 1.18. The molecule has 35 heavy (non-hydrogen) atoms. The number of nitrogens with one attached hydrogen (secondary N) is 1. The van der Waals surface area contributed by atoms with Gasteiger partial charge in [-0.05, 0) is 69.3 Å². The highest BCUT2D eigenvalue weighted by Crippen LogP contribution is 2.36. The van der Waals surface area contributed by atoms with Gasteiger partial charge < -0.3 is 19.7 Å². The largest absolute Gasteiger partial charge is 0.490 e. The van der Waals surface area contributed by atoms with Gasteiger partial charge in [0.15, 0.2) is 0 Å². The van der Waals surface area contributed by atoms with Crippen LogP contribution in [0.2, 0.25) is 5.02 Å². The van der Waals surface area contributed by atoms with Gasteiger partial charge in [-0.3, -0.25) is 4.79 Å². The number of anilines is 1. The molecule has 2 heterocycles. The fourth-order valence-corrected chi connectivity index (χ4v) is 4.82. The molecule has 0 aliphatic carbocycles. The van der Waals surface area contributed by atoms with Crippen molar-refractivity contribution in [2.75, 3.05) is 18.4 Å². The van der Waals surface area contributed by atoms with Crippen LogP contribution in [0.25, 0.3) is 10.4 Å². The van der Waals surface area contributed by atoms with Crippen molar-refractivity contribution in [3.05, 3.63) is 70.6 Å². The van der Waals surface area contributed by atoms with Crippen LogP contribution in [-0.4, -0.2) is 41.7 Å². The molecule has 0 radical (unpaired) electrons. The van der Waals surface area contributed by atoms with Crippen LogP contribution in [-0.2, 0) is 4.74 Å². The van der Waals surface area contributed by atoms with Crippen molar-refractivity contribution in [3.8, 4) is 16.2 Å². The highest BCUT2D eigenvalue weighted by molar-refractivity contribution is 7.17. The van der Waals surface area contributed by atoms with Gasteiger partial charge in [0.25, 0.3) is 5.91 Å². The van der Waals surface area contributed by atoms with E-state index in [1.807, 2.05) is 57.2 Å². The number of ether oxygens (including phenoxy) is 2. The molecule has 0 spiro atoms. The number of amides is 2. The number of thiophene rings is 1. The molecule has 184 valence electrons. The lowest BCUT2D eigenvalue weighted by Crippen LogP contribution is -2.44. The lowest BCUT2D eigenvalue weighted by Gasteiger charge is -2.33. The zero-order valence-corrected chi connectivity index (χ0v) is 21.6. The molecular weight excluding hydrogens is 484 g/mol. The molecule has 1 N–H and O–H groups in total. The summed E-state index contributed by atoms with van der Waals surface area (Å²) in [7, 11) is 0. The van der Waals surface area contributed by atoms with E-state index in [4.69, 9.17) is 21.1 Å². The minimum absolute atomic E-state index is 0.00229. The number of para-hydroxylation sites is 1. The molecule has 1 aliphatic heterocycles. The standard InChI is InChI=1S/C27H29ClN2O4S/c1-27(2,3)34-26(32)30-16-14-20(15-17-30)33-22-7-5-4-6-21(22)23-12-13-24(35-23)25(31)29-19-10-8-18(28)9-11-19/h4-13,20H,14-17H2,1-3H3,(H,29,31). The minimum Gasteiger partial charge on any atom is -0.490 e. The van der Waals surface area contributed by atoms with Crippen LogP contribution in [0.15, 0.2) is 60.7 Å². The van der Waals surface area contributed by atoms with Crippen LogP contribution in [0.1, 0.15) is 43.3 Å². The SMILES string of the molecule is CC(C)(C)OC(=O)N1CCC(Oc2ccccc2-c2ccc(C(=O)Nc3ccc(Cl)cc3)s2)CC1. The van der Waals surface area contributed by atoms with Gasteiger partial charge in [-0.25, -0.2) is 4.79 Å². The van der Waals surface area contributed by atoms with Crippen molar-refractivity contribution >= 4 is 40.6 Å². The van der Waals surface area contributed by atoms with Crippen LogP contribution < -0.4 is 10.1 Å². The number of hydrogen-bond acceptors (Lipinski definition) is 5. The Hall–Kier alpha value is -3.03. The second-order valence-corrected chi connectivity index (χ2v) is 10.9. The normalized spacial score (nSPS) is 14.5. The third-order valence-electron chi connectivity index (χ3n) is 5.47. The summed E-state index contributed by atoms with van der Waals surface area (Å²) < 4.78 is 11.8. The maximum atomic E-state index is 12.7. The zero-order chi connectivity index (χ0) is 25.0. The van der Waals surface area contributed by atoms with Gasteiger partial charge in [0, 0.05) is 47.1 Å². The first-order chi connectivity index (χ1) is 16.7. The third kappa shape index (κ3) is 6.77. The van der Waals surface area contributed by atoms with E-state index in [1.54, 1.807) is 29.2 Å². The van der Waals surface area contributed by atoms with E-state index in [1.165, 1.54) is 11.3 Å². The summed E-state index contributed by atoms with van der Waals surface area (Å²) in [4.78, 5) is 28.3. The number of hydrogen-bond donors (Lipinski definition) is 1. The van der Waals surface area contributed by atoms with Crippen molar-refractivity contribution in [1.29, 1.82) is 0 Å². The fraction of sp³-hybridized carbons (Fsp3) is 0.333. The molecule has 0 unspecified atom stereocenters. The molecule has 1 fully saturated rings. The van der Waals surface area contributed by atoms with Crippen molar-refractivity contribution in [1.82, 2.24) is 4.90 Å². The molecule has 3 aromatic rings. The zero-order valence-electron chi connectivity index (χ0n) is 20.0. The first-order valence-electron chi connectivity index (χ1n) is 11.6. The van der Waals surface area contributed by atoms with E-state index in [0.29, 0.717) is 28.7 Å². The summed E-state index contributed by atoms with van der Waals surface area (Å²) in [6, 6.07) is 18.6. The Morgan fingerprint density at radius 1 is 1.00 bits per heavy atom. The molecule has 0 saturated carbocycles. The number of rotatable bonds is 5. The van der Waals surface area contributed by atoms with Crippen LogP contribution >= 0.6 is 22.9 Å². The number of benzene rings is 2. The molecule has 0 bridgehead atoms. The predicted molar refractivity (Wildman–Crippen MR) is 141 cm³/mol. The van der Waals surface area contributed by atoms with Crippen molar-refractivity contribution in [2.45, 2.75) is 45.3 Å². The lowest BCUT2D eigenvalue weighted by atomic mass is 10.1. The van der Waals surface area contributed by atoms with E-state index in [-0.39, 0.29) is 18.1 Å². The maximum Gasteiger partial charge on any atom is 0.410 e. The predicted octanol–water partition coefficient (Wildman–Crippen LogP) is 7.10. The van der Waals surface area contributed by atoms with Crippen molar-refractivity contribution in [2.24, 2.45) is 0 Å². The maximum absolute atomic E-state index is 12.7. The number of nitrogens with zero attached hydrogens (tertiary/aromatic N) is 1. The molecule has 0 atom stereocenters. The third-order valence-corrected chi connectivity index (χ3v) is 6.84. The molecule has 1 aromatic heterocycles. The topological polar surface area (TPSA) is 67.9 Å². The summed E-state index contributed by atoms with van der Waals surface area (Å²) in [5.41, 5.74) is 1.13. The Bertz CT molecular complexity index is 1180. The Kier molecular flexibility index (Phi) is 7.67. The summed E-state index contributed by atoms with van der Waals surface area (Å²) in [6.45, 7) is 6.80. The Balaban J connectivity index is 1.39. The van der Waals surface area contributed by atoms with Gasteiger partial charge >= 0.3 is 6.09 Å². The van der Waals surface area contributed by atoms with Gasteiger partial charge in [0.2, 0.25) is 0 Å². The Morgan fingerprint density at radius 3 is 2.37 bits per heavy atom. The summed E-state index contributed by atoms with van der Waals surface area (Å²) in [5.74, 6) is 0.603. The first kappa shape index (κ1) is 25.1. The smallest absolute Gasteiger partial charge is 0.410 e. The molecule has 2 amide bonds. The second-order valence-electron chi connectivity index (χ2n) is 9.41. The van der Waals surface area contributed by atoms with Crippen molar-refractivity contribution in [3.63, 3.8) is 0 Å². The molecule has 1 saturated heterocycles. The van der Waals surface area contributed by atoms with Crippen LogP contribution in [0, 0.1) is 0 Å². The van der Waals surface area contributed by atoms with Gasteiger partial charge in [-0.1, -0.05) is 23.7 Å². The van der Waals surface area contributed by atoms with Gasteiger partial charge in [-0.2, -0.15) is 0 Å². The van der Waals surface area contributed by atoms with Crippen molar-refractivity contribution < 1.29 is 19.1 Å². The van der Waals surface area contributed by atoms with Gasteiger partial charge in [0.1, 0.15) is 17.5 Å². The van der Waals surface area contributed by atoms with E-state index in [9.17, 15) is 9.59 Å². The average Bonchev–Trinajstić information content (AvgIpc) is 3.31. The number of likely N-dealkylation sites (tertiary alicyclic amines) is 1. The Morgan fingerprint density at radius 2 is 1.69 bits per heavy atom. The fourth-order valence-electron chi connectivity index (χ4n) is 3.77. The summed E-state index contributed by atoms with van der Waals surface area (Å²) in [5, 5.41) is 3.52. The number of carbonyl (C=O) groups is 2. The lowest BCUT2D eigenvalue weighted by molar-refractivity contribution is 0.0127. The average molecular weight is 513 g/mol. The van der Waals surface area contributed by atoms with Gasteiger partial charge in [0.05, 0.1) is 4.88 Å². The minimum atomic E-state index is -0.505. The van der Waals surface area contributed by atoms with E-state index < -0.39 is 5.60 Å². The van der Waals surface area contributed by atoms with Crippen LogP contribution in [0.5, 0.6) is 5.75 Å². The van der Waals surface area contributed by atoms with E-state index in [2.05, 4.69) is 5.32 Å². The molecular formula is C27H29ClN2O4S. The van der Waals surface area contributed by atoms with E-state index >= 15 is 0 Å². The second kappa shape index (κ2) is 10.7. The number of piperidine rings is 1. The highest BCUT2D eigenvalue weighted by Gasteiger charge is 2.28. The highest BCUT2D eigenvalue weighted by atomic mass is 35.5. The molecule has 4 rings (SSSR count). The Labute approximate surface area is 214 Å². The van der Waals surface area contributed by atoms with E-state index in [0.717, 1.165) is 29.0 Å². The number of carbonyl (C=O) groups excluding carboxylic acids is 2. The molecule has 1 aliphatic rings. The van der Waals surface area contributed by atoms with Crippen LogP contribution in [0.4, 0.5) is 10.5 Å². The number of halogens is 1. The van der Waals surface area contributed by atoms with Gasteiger partial charge in [-0.15, -0.1) is 11.3 Å². The summed E-state index contributed by atoms with van der Waals surface area (Å²) >= 11 is 7.33. The first-order valence-corrected chi connectivity index (χ1v) is 12.8. The molecule has 2 aromatic carbocycles. The molecule has 8 heteroatoms. The monoisotopic (exact) mass is 512 g/mol. The quantitative estimate of drug-likeness (QED) is 0.396. The molecule has 6 nitrogen and oxygen atoms in total.